The number of nitrogens with zero attached hydrogens (tertiary/aromatic N) is 1. The fourth-order valence-electron chi connectivity index (χ4n) is 2.17. The zero-order chi connectivity index (χ0) is 14.7. The first-order valence-electron chi connectivity index (χ1n) is 6.46. The van der Waals surface area contributed by atoms with Gasteiger partial charge in [0.25, 0.3) is 0 Å². The normalized spacial score (nSPS) is 10.9. The summed E-state index contributed by atoms with van der Waals surface area (Å²) in [5.41, 5.74) is 1.71. The number of carboxylic acid groups (broad SMARTS) is 1. The summed E-state index contributed by atoms with van der Waals surface area (Å²) in [5.74, 6) is -0.906. The number of rotatable bonds is 5. The van der Waals surface area contributed by atoms with E-state index in [9.17, 15) is 9.90 Å². The number of thiophene rings is 1. The Balaban J connectivity index is 1.82. The van der Waals surface area contributed by atoms with Crippen molar-refractivity contribution in [3.63, 3.8) is 0 Å². The fourth-order valence-corrected chi connectivity index (χ4v) is 3.22. The van der Waals surface area contributed by atoms with E-state index in [4.69, 9.17) is 4.74 Å². The van der Waals surface area contributed by atoms with Gasteiger partial charge in [-0.15, -0.1) is 11.3 Å². The third-order valence-corrected chi connectivity index (χ3v) is 4.33. The van der Waals surface area contributed by atoms with E-state index in [0.29, 0.717) is 11.5 Å². The summed E-state index contributed by atoms with van der Waals surface area (Å²) in [6, 6.07) is 11.5. The molecule has 0 unspecified atom stereocenters. The quantitative estimate of drug-likeness (QED) is 0.780. The largest absolute Gasteiger partial charge is 0.477 e. The van der Waals surface area contributed by atoms with Crippen LogP contribution in [0.2, 0.25) is 0 Å². The highest BCUT2D eigenvalue weighted by molar-refractivity contribution is 7.21. The molecule has 0 aliphatic rings. The Labute approximate surface area is 125 Å². The molecule has 0 amide bonds. The molecule has 21 heavy (non-hydrogen) atoms. The summed E-state index contributed by atoms with van der Waals surface area (Å²) < 4.78 is 6.63. The van der Waals surface area contributed by atoms with E-state index in [1.54, 1.807) is 12.4 Å². The molecule has 4 nitrogen and oxygen atoms in total. The lowest BCUT2D eigenvalue weighted by Gasteiger charge is -2.05. The van der Waals surface area contributed by atoms with Gasteiger partial charge in [-0.2, -0.15) is 0 Å². The van der Waals surface area contributed by atoms with Gasteiger partial charge >= 0.3 is 5.97 Å². The SMILES string of the molecule is O=C(O)c1sc2ccccc2c1COCc1cccnc1. The Morgan fingerprint density at radius 3 is 2.81 bits per heavy atom. The molecule has 0 spiro atoms. The van der Waals surface area contributed by atoms with Crippen LogP contribution in [0.4, 0.5) is 0 Å². The Hall–Kier alpha value is -2.24. The van der Waals surface area contributed by atoms with Gasteiger partial charge < -0.3 is 9.84 Å². The highest BCUT2D eigenvalue weighted by Crippen LogP contribution is 2.32. The van der Waals surface area contributed by atoms with Crippen molar-refractivity contribution in [2.45, 2.75) is 13.2 Å². The summed E-state index contributed by atoms with van der Waals surface area (Å²) in [6.07, 6.45) is 3.45. The third kappa shape index (κ3) is 2.94. The maximum absolute atomic E-state index is 11.4. The van der Waals surface area contributed by atoms with Crippen LogP contribution in [0.15, 0.2) is 48.8 Å². The number of benzene rings is 1. The summed E-state index contributed by atoms with van der Waals surface area (Å²) >= 11 is 1.29. The molecule has 3 aromatic rings. The van der Waals surface area contributed by atoms with E-state index in [1.807, 2.05) is 36.4 Å². The lowest BCUT2D eigenvalue weighted by atomic mass is 10.1. The second-order valence-corrected chi connectivity index (χ2v) is 5.62. The van der Waals surface area contributed by atoms with Crippen molar-refractivity contribution in [1.29, 1.82) is 0 Å². The number of pyridine rings is 1. The smallest absolute Gasteiger partial charge is 0.346 e. The number of carbonyl (C=O) groups is 1. The fraction of sp³-hybridized carbons (Fsp3) is 0.125. The standard InChI is InChI=1S/C16H13NO3S/c18-16(19)15-13(12-5-1-2-6-14(12)21-15)10-20-9-11-4-3-7-17-8-11/h1-8H,9-10H2,(H,18,19). The molecule has 106 valence electrons. The first-order valence-corrected chi connectivity index (χ1v) is 7.27. The van der Waals surface area contributed by atoms with Gasteiger partial charge in [0.2, 0.25) is 0 Å². The number of ether oxygens (including phenoxy) is 1. The van der Waals surface area contributed by atoms with Crippen molar-refractivity contribution in [2.75, 3.05) is 0 Å². The second kappa shape index (κ2) is 6.03. The predicted molar refractivity (Wildman–Crippen MR) is 81.5 cm³/mol. The van der Waals surface area contributed by atoms with Crippen LogP contribution < -0.4 is 0 Å². The maximum Gasteiger partial charge on any atom is 0.346 e. The molecule has 2 aromatic heterocycles. The minimum absolute atomic E-state index is 0.278. The van der Waals surface area contributed by atoms with Crippen LogP contribution in [0, 0.1) is 0 Å². The Bertz CT molecular complexity index is 768. The highest BCUT2D eigenvalue weighted by Gasteiger charge is 2.17. The highest BCUT2D eigenvalue weighted by atomic mass is 32.1. The molecule has 0 saturated carbocycles. The number of hydrogen-bond acceptors (Lipinski definition) is 4. The lowest BCUT2D eigenvalue weighted by molar-refractivity contribution is 0.0691. The first kappa shape index (κ1) is 13.7. The summed E-state index contributed by atoms with van der Waals surface area (Å²) in [5, 5.41) is 10.3. The Kier molecular flexibility index (Phi) is 3.94. The van der Waals surface area contributed by atoms with Crippen molar-refractivity contribution in [1.82, 2.24) is 4.98 Å². The lowest BCUT2D eigenvalue weighted by Crippen LogP contribution is -2.01. The van der Waals surface area contributed by atoms with Gasteiger partial charge in [-0.1, -0.05) is 24.3 Å². The molecule has 0 aliphatic heterocycles. The minimum atomic E-state index is -0.906. The van der Waals surface area contributed by atoms with Gasteiger partial charge in [0.15, 0.2) is 0 Å². The molecule has 0 atom stereocenters. The first-order chi connectivity index (χ1) is 10.3. The Morgan fingerprint density at radius 2 is 2.05 bits per heavy atom. The van der Waals surface area contributed by atoms with E-state index >= 15 is 0 Å². The number of carboxylic acids is 1. The molecule has 0 aliphatic carbocycles. The average Bonchev–Trinajstić information content (AvgIpc) is 2.88. The van der Waals surface area contributed by atoms with Gasteiger partial charge in [-0.05, 0) is 23.1 Å². The molecule has 3 rings (SSSR count). The van der Waals surface area contributed by atoms with Crippen LogP contribution in [-0.2, 0) is 18.0 Å². The van der Waals surface area contributed by atoms with Crippen LogP contribution >= 0.6 is 11.3 Å². The maximum atomic E-state index is 11.4. The van der Waals surface area contributed by atoms with Crippen LogP contribution in [0.5, 0.6) is 0 Å². The molecule has 0 radical (unpaired) electrons. The van der Waals surface area contributed by atoms with Crippen molar-refractivity contribution >= 4 is 27.4 Å². The van der Waals surface area contributed by atoms with E-state index < -0.39 is 5.97 Å². The molecule has 2 heterocycles. The topological polar surface area (TPSA) is 59.4 Å². The number of hydrogen-bond donors (Lipinski definition) is 1. The van der Waals surface area contributed by atoms with Crippen molar-refractivity contribution in [3.8, 4) is 0 Å². The predicted octanol–water partition coefficient (Wildman–Crippen LogP) is 3.71. The van der Waals surface area contributed by atoms with E-state index in [0.717, 1.165) is 21.2 Å². The van der Waals surface area contributed by atoms with Crippen LogP contribution in [0.3, 0.4) is 0 Å². The zero-order valence-corrected chi connectivity index (χ0v) is 12.0. The summed E-state index contributed by atoms with van der Waals surface area (Å²) in [4.78, 5) is 15.7. The summed E-state index contributed by atoms with van der Waals surface area (Å²) in [7, 11) is 0. The van der Waals surface area contributed by atoms with E-state index in [2.05, 4.69) is 4.98 Å². The molecular formula is C16H13NO3S. The average molecular weight is 299 g/mol. The molecule has 0 fully saturated rings. The van der Waals surface area contributed by atoms with Gasteiger partial charge in [0.05, 0.1) is 13.2 Å². The number of fused-ring (bicyclic) bond motifs is 1. The Morgan fingerprint density at radius 1 is 1.19 bits per heavy atom. The van der Waals surface area contributed by atoms with E-state index in [-0.39, 0.29) is 6.61 Å². The van der Waals surface area contributed by atoms with Gasteiger partial charge in [-0.3, -0.25) is 4.98 Å². The second-order valence-electron chi connectivity index (χ2n) is 4.57. The van der Waals surface area contributed by atoms with Crippen LogP contribution in [0.25, 0.3) is 10.1 Å². The molecule has 0 bridgehead atoms. The van der Waals surface area contributed by atoms with E-state index in [1.165, 1.54) is 11.3 Å². The van der Waals surface area contributed by atoms with Crippen molar-refractivity contribution in [3.05, 3.63) is 64.8 Å². The third-order valence-electron chi connectivity index (χ3n) is 3.13. The van der Waals surface area contributed by atoms with Crippen molar-refractivity contribution in [2.24, 2.45) is 0 Å². The van der Waals surface area contributed by atoms with Gasteiger partial charge in [0, 0.05) is 22.7 Å². The number of aromatic carboxylic acids is 1. The molecular weight excluding hydrogens is 286 g/mol. The van der Waals surface area contributed by atoms with Crippen molar-refractivity contribution < 1.29 is 14.6 Å². The molecule has 0 saturated heterocycles. The molecule has 5 heteroatoms. The van der Waals surface area contributed by atoms with Gasteiger partial charge in [0.1, 0.15) is 4.88 Å². The molecule has 1 aromatic carbocycles. The zero-order valence-electron chi connectivity index (χ0n) is 11.2. The van der Waals surface area contributed by atoms with Crippen LogP contribution in [0.1, 0.15) is 20.8 Å². The summed E-state index contributed by atoms with van der Waals surface area (Å²) in [6.45, 7) is 0.692. The molecule has 1 N–H and O–H groups in total. The number of aromatic nitrogens is 1. The van der Waals surface area contributed by atoms with Crippen LogP contribution in [-0.4, -0.2) is 16.1 Å². The minimum Gasteiger partial charge on any atom is -0.477 e. The van der Waals surface area contributed by atoms with Gasteiger partial charge in [-0.25, -0.2) is 4.79 Å². The monoisotopic (exact) mass is 299 g/mol.